The molecule has 1 unspecified atom stereocenters. The number of hydrogen-bond donors (Lipinski definition) is 2. The van der Waals surface area contributed by atoms with Crippen LogP contribution in [0.15, 0.2) is 46.0 Å². The summed E-state index contributed by atoms with van der Waals surface area (Å²) in [5.74, 6) is -0.523. The van der Waals surface area contributed by atoms with Crippen LogP contribution in [-0.2, 0) is 9.53 Å². The summed E-state index contributed by atoms with van der Waals surface area (Å²) >= 11 is 7.67. The lowest BCUT2D eigenvalue weighted by molar-refractivity contribution is -0.139. The first-order chi connectivity index (χ1) is 13.5. The molecule has 2 heterocycles. The van der Waals surface area contributed by atoms with Crippen molar-refractivity contribution in [1.29, 1.82) is 0 Å². The van der Waals surface area contributed by atoms with Crippen molar-refractivity contribution in [3.05, 3.63) is 62.5 Å². The number of aliphatic hydroxyl groups is 1. The molecule has 6 nitrogen and oxygen atoms in total. The van der Waals surface area contributed by atoms with E-state index in [-0.39, 0.29) is 18.2 Å². The van der Waals surface area contributed by atoms with Gasteiger partial charge in [0.1, 0.15) is 11.9 Å². The number of carbonyl (C=O) groups is 1. The molecule has 1 atom stereocenters. The van der Waals surface area contributed by atoms with Crippen molar-refractivity contribution in [2.24, 2.45) is 4.99 Å². The summed E-state index contributed by atoms with van der Waals surface area (Å²) < 4.78 is 18.8. The Balaban J connectivity index is 2.14. The van der Waals surface area contributed by atoms with Gasteiger partial charge in [-0.1, -0.05) is 17.7 Å². The Bertz CT molecular complexity index is 915. The second-order valence-electron chi connectivity index (χ2n) is 5.95. The minimum atomic E-state index is -0.777. The van der Waals surface area contributed by atoms with Crippen molar-refractivity contribution in [2.75, 3.05) is 13.2 Å². The molecular weight excluding hydrogens is 405 g/mol. The van der Waals surface area contributed by atoms with Crippen LogP contribution < -0.4 is 5.32 Å². The molecule has 1 aromatic carbocycles. The Morgan fingerprint density at radius 3 is 2.93 bits per heavy atom. The fourth-order valence-electron chi connectivity index (χ4n) is 2.90. The van der Waals surface area contributed by atoms with Crippen LogP contribution >= 0.6 is 22.9 Å². The van der Waals surface area contributed by atoms with E-state index in [1.165, 1.54) is 29.5 Å². The van der Waals surface area contributed by atoms with E-state index in [4.69, 9.17) is 16.3 Å². The monoisotopic (exact) mass is 423 g/mol. The SMILES string of the molecule is CCOC(=O)C1=C(CCCO)NC(c2nccs2)=NC1c1ccc(F)cc1Cl. The highest BCUT2D eigenvalue weighted by atomic mass is 35.5. The molecule has 0 bridgehead atoms. The van der Waals surface area contributed by atoms with Gasteiger partial charge in [0.15, 0.2) is 10.8 Å². The Hall–Kier alpha value is -2.29. The molecule has 1 aliphatic rings. The summed E-state index contributed by atoms with van der Waals surface area (Å²) in [5, 5.41) is 15.0. The normalized spacial score (nSPS) is 16.6. The third kappa shape index (κ3) is 4.40. The molecule has 0 saturated carbocycles. The van der Waals surface area contributed by atoms with Gasteiger partial charge in [-0.15, -0.1) is 11.3 Å². The average molecular weight is 424 g/mol. The van der Waals surface area contributed by atoms with Crippen LogP contribution in [0.25, 0.3) is 0 Å². The van der Waals surface area contributed by atoms with Gasteiger partial charge in [-0.2, -0.15) is 0 Å². The maximum Gasteiger partial charge on any atom is 0.338 e. The van der Waals surface area contributed by atoms with E-state index in [9.17, 15) is 14.3 Å². The Morgan fingerprint density at radius 1 is 1.46 bits per heavy atom. The molecule has 0 fully saturated rings. The molecular formula is C19H19ClFN3O3S. The summed E-state index contributed by atoms with van der Waals surface area (Å²) in [5.41, 5.74) is 1.37. The number of nitrogens with zero attached hydrogens (tertiary/aromatic N) is 2. The van der Waals surface area contributed by atoms with Gasteiger partial charge in [0.25, 0.3) is 0 Å². The van der Waals surface area contributed by atoms with Crippen LogP contribution in [0.1, 0.15) is 36.4 Å². The van der Waals surface area contributed by atoms with Gasteiger partial charge in [0, 0.05) is 34.5 Å². The Morgan fingerprint density at radius 2 is 2.29 bits per heavy atom. The van der Waals surface area contributed by atoms with Crippen LogP contribution in [0.2, 0.25) is 5.02 Å². The van der Waals surface area contributed by atoms with Crippen molar-refractivity contribution in [3.8, 4) is 0 Å². The standard InChI is InChI=1S/C19H19ClFN3O3S/c1-2-27-19(26)15-14(4-3-8-25)23-17(18-22-7-9-28-18)24-16(15)12-6-5-11(21)10-13(12)20/h5-7,9-10,16,25H,2-4,8H2,1H3,(H,23,24). The minimum Gasteiger partial charge on any atom is -0.463 e. The maximum absolute atomic E-state index is 13.6. The van der Waals surface area contributed by atoms with Gasteiger partial charge < -0.3 is 15.2 Å². The number of carbonyl (C=O) groups excluding carboxylic acids is 1. The van der Waals surface area contributed by atoms with Gasteiger partial charge in [0.05, 0.1) is 12.2 Å². The van der Waals surface area contributed by atoms with Gasteiger partial charge >= 0.3 is 5.97 Å². The number of halogens is 2. The second-order valence-corrected chi connectivity index (χ2v) is 7.25. The van der Waals surface area contributed by atoms with Crippen LogP contribution in [0.3, 0.4) is 0 Å². The number of esters is 1. The van der Waals surface area contributed by atoms with Crippen molar-refractivity contribution in [2.45, 2.75) is 25.8 Å². The first-order valence-electron chi connectivity index (χ1n) is 8.75. The Kier molecular flexibility index (Phi) is 6.77. The smallest absolute Gasteiger partial charge is 0.338 e. The Labute approximate surface area is 170 Å². The summed E-state index contributed by atoms with van der Waals surface area (Å²) in [6.07, 6.45) is 2.51. The number of nitrogens with one attached hydrogen (secondary N) is 1. The fourth-order valence-corrected chi connectivity index (χ4v) is 3.75. The molecule has 1 aromatic heterocycles. The largest absolute Gasteiger partial charge is 0.463 e. The van der Waals surface area contributed by atoms with E-state index >= 15 is 0 Å². The van der Waals surface area contributed by atoms with E-state index in [0.717, 1.165) is 0 Å². The number of aromatic nitrogens is 1. The maximum atomic E-state index is 13.6. The summed E-state index contributed by atoms with van der Waals surface area (Å²) in [7, 11) is 0. The second kappa shape index (κ2) is 9.27. The summed E-state index contributed by atoms with van der Waals surface area (Å²) in [6.45, 7) is 1.88. The highest BCUT2D eigenvalue weighted by Gasteiger charge is 2.33. The number of benzene rings is 1. The number of rotatable bonds is 7. The molecule has 0 amide bonds. The number of aliphatic hydroxyl groups excluding tert-OH is 1. The fraction of sp³-hybridized carbons (Fsp3) is 0.316. The van der Waals surface area contributed by atoms with Crippen molar-refractivity contribution in [1.82, 2.24) is 10.3 Å². The molecule has 1 aliphatic heterocycles. The first kappa shape index (κ1) is 20.4. The molecule has 2 N–H and O–H groups in total. The summed E-state index contributed by atoms with van der Waals surface area (Å²) in [4.78, 5) is 21.7. The number of amidine groups is 1. The van der Waals surface area contributed by atoms with E-state index < -0.39 is 17.8 Å². The minimum absolute atomic E-state index is 0.0347. The lowest BCUT2D eigenvalue weighted by Gasteiger charge is -2.27. The van der Waals surface area contributed by atoms with Gasteiger partial charge in [-0.3, -0.25) is 4.99 Å². The van der Waals surface area contributed by atoms with Crippen molar-refractivity contribution >= 4 is 34.7 Å². The van der Waals surface area contributed by atoms with Gasteiger partial charge in [-0.05, 0) is 31.9 Å². The molecule has 0 aliphatic carbocycles. The number of allylic oxidation sites excluding steroid dienone is 1. The van der Waals surface area contributed by atoms with Crippen LogP contribution in [0.5, 0.6) is 0 Å². The predicted octanol–water partition coefficient (Wildman–Crippen LogP) is 3.62. The molecule has 9 heteroatoms. The van der Waals surface area contributed by atoms with Gasteiger partial charge in [-0.25, -0.2) is 14.2 Å². The zero-order valence-electron chi connectivity index (χ0n) is 15.1. The third-order valence-corrected chi connectivity index (χ3v) is 5.21. The molecule has 0 saturated heterocycles. The highest BCUT2D eigenvalue weighted by Crippen LogP contribution is 2.37. The zero-order valence-corrected chi connectivity index (χ0v) is 16.7. The molecule has 0 radical (unpaired) electrons. The topological polar surface area (TPSA) is 83.8 Å². The van der Waals surface area contributed by atoms with Gasteiger partial charge in [0.2, 0.25) is 0 Å². The number of aliphatic imine (C=N–C) groups is 1. The number of thiazole rings is 1. The van der Waals surface area contributed by atoms with E-state index in [1.54, 1.807) is 13.1 Å². The highest BCUT2D eigenvalue weighted by molar-refractivity contribution is 7.11. The van der Waals surface area contributed by atoms with Crippen molar-refractivity contribution in [3.63, 3.8) is 0 Å². The van der Waals surface area contributed by atoms with E-state index in [2.05, 4.69) is 15.3 Å². The molecule has 2 aromatic rings. The first-order valence-corrected chi connectivity index (χ1v) is 10.0. The van der Waals surface area contributed by atoms with E-state index in [1.807, 2.05) is 5.38 Å². The summed E-state index contributed by atoms with van der Waals surface area (Å²) in [6, 6.07) is 3.20. The molecule has 0 spiro atoms. The lowest BCUT2D eigenvalue weighted by Crippen LogP contribution is -2.34. The van der Waals surface area contributed by atoms with Crippen LogP contribution in [0.4, 0.5) is 4.39 Å². The molecule has 148 valence electrons. The third-order valence-electron chi connectivity index (χ3n) is 4.10. The average Bonchev–Trinajstić information content (AvgIpc) is 3.20. The zero-order chi connectivity index (χ0) is 20.1. The van der Waals surface area contributed by atoms with Crippen molar-refractivity contribution < 1.29 is 19.0 Å². The lowest BCUT2D eigenvalue weighted by atomic mass is 9.94. The number of ether oxygens (including phenoxy) is 1. The number of hydrogen-bond acceptors (Lipinski definition) is 7. The predicted molar refractivity (Wildman–Crippen MR) is 106 cm³/mol. The molecule has 28 heavy (non-hydrogen) atoms. The van der Waals surface area contributed by atoms with Crippen LogP contribution in [-0.4, -0.2) is 35.1 Å². The van der Waals surface area contributed by atoms with Crippen LogP contribution in [0, 0.1) is 5.82 Å². The van der Waals surface area contributed by atoms with E-state index in [0.29, 0.717) is 40.5 Å². The molecule has 3 rings (SSSR count). The quantitative estimate of drug-likeness (QED) is 0.664.